The summed E-state index contributed by atoms with van der Waals surface area (Å²) < 4.78 is 18.2. The smallest absolute Gasteiger partial charge is 0.270 e. The minimum Gasteiger partial charge on any atom is -0.494 e. The number of benzene rings is 1. The number of nitrogens with one attached hydrogen (secondary N) is 1. The number of ether oxygens (including phenoxy) is 1. The van der Waals surface area contributed by atoms with Gasteiger partial charge in [0.1, 0.15) is 17.7 Å². The third kappa shape index (κ3) is 3.63. The maximum absolute atomic E-state index is 13.3. The van der Waals surface area contributed by atoms with E-state index in [-0.39, 0.29) is 29.5 Å². The highest BCUT2D eigenvalue weighted by molar-refractivity contribution is 5.97. The lowest BCUT2D eigenvalue weighted by Gasteiger charge is -2.07. The zero-order chi connectivity index (χ0) is 16.1. The highest BCUT2D eigenvalue weighted by atomic mass is 19.1. The van der Waals surface area contributed by atoms with E-state index in [0.29, 0.717) is 5.56 Å². The SMILES string of the molecule is COc1cc(CNC(=O)c2cc(C(C)=O)ncn2)ccc1F. The molecule has 2 rings (SSSR count). The standard InChI is InChI=1S/C15H14FN3O3/c1-9(20)12-6-13(19-8-18-12)15(21)17-7-10-3-4-11(16)14(5-10)22-2/h3-6,8H,7H2,1-2H3,(H,17,21). The zero-order valence-electron chi connectivity index (χ0n) is 12.1. The minimum absolute atomic E-state index is 0.0919. The van der Waals surface area contributed by atoms with Crippen molar-refractivity contribution in [1.29, 1.82) is 0 Å². The molecule has 0 atom stereocenters. The summed E-state index contributed by atoms with van der Waals surface area (Å²) in [7, 11) is 1.37. The van der Waals surface area contributed by atoms with Crippen LogP contribution in [0.3, 0.4) is 0 Å². The number of hydrogen-bond acceptors (Lipinski definition) is 5. The van der Waals surface area contributed by atoms with Gasteiger partial charge >= 0.3 is 0 Å². The van der Waals surface area contributed by atoms with Crippen molar-refractivity contribution >= 4 is 11.7 Å². The molecular formula is C15H14FN3O3. The van der Waals surface area contributed by atoms with Crippen molar-refractivity contribution in [3.05, 3.63) is 53.4 Å². The Morgan fingerprint density at radius 1 is 1.23 bits per heavy atom. The highest BCUT2D eigenvalue weighted by Gasteiger charge is 2.11. The first-order chi connectivity index (χ1) is 10.5. The summed E-state index contributed by atoms with van der Waals surface area (Å²) in [6.07, 6.45) is 1.16. The van der Waals surface area contributed by atoms with Crippen molar-refractivity contribution in [3.63, 3.8) is 0 Å². The molecule has 0 saturated carbocycles. The first-order valence-corrected chi connectivity index (χ1v) is 6.45. The van der Waals surface area contributed by atoms with Crippen LogP contribution in [0.5, 0.6) is 5.75 Å². The van der Waals surface area contributed by atoms with E-state index in [1.54, 1.807) is 6.07 Å². The van der Waals surface area contributed by atoms with Crippen molar-refractivity contribution in [1.82, 2.24) is 15.3 Å². The maximum atomic E-state index is 13.3. The van der Waals surface area contributed by atoms with E-state index in [1.807, 2.05) is 0 Å². The average molecular weight is 303 g/mol. The summed E-state index contributed by atoms with van der Waals surface area (Å²) in [5, 5.41) is 2.63. The van der Waals surface area contributed by atoms with Gasteiger partial charge in [-0.1, -0.05) is 6.07 Å². The van der Waals surface area contributed by atoms with Gasteiger partial charge in [-0.3, -0.25) is 9.59 Å². The third-order valence-electron chi connectivity index (χ3n) is 2.93. The summed E-state index contributed by atoms with van der Waals surface area (Å²) in [6, 6.07) is 5.62. The summed E-state index contributed by atoms with van der Waals surface area (Å²) in [4.78, 5) is 30.8. The summed E-state index contributed by atoms with van der Waals surface area (Å²) >= 11 is 0. The first kappa shape index (κ1) is 15.6. The topological polar surface area (TPSA) is 81.2 Å². The van der Waals surface area contributed by atoms with Crippen LogP contribution in [-0.4, -0.2) is 28.8 Å². The Kier molecular flexibility index (Phi) is 4.77. The van der Waals surface area contributed by atoms with Gasteiger partial charge < -0.3 is 10.1 Å². The number of rotatable bonds is 5. The van der Waals surface area contributed by atoms with Gasteiger partial charge in [0.25, 0.3) is 5.91 Å². The van der Waals surface area contributed by atoms with Crippen LogP contribution in [0.2, 0.25) is 0 Å². The molecule has 114 valence electrons. The van der Waals surface area contributed by atoms with E-state index in [9.17, 15) is 14.0 Å². The molecule has 2 aromatic rings. The van der Waals surface area contributed by atoms with E-state index in [1.165, 1.54) is 32.2 Å². The normalized spacial score (nSPS) is 10.1. The fourth-order valence-electron chi connectivity index (χ4n) is 1.76. The van der Waals surface area contributed by atoms with Crippen LogP contribution in [-0.2, 0) is 6.54 Å². The Labute approximate surface area is 126 Å². The molecule has 22 heavy (non-hydrogen) atoms. The number of ketones is 1. The van der Waals surface area contributed by atoms with Gasteiger partial charge in [-0.15, -0.1) is 0 Å². The molecule has 1 aromatic carbocycles. The number of nitrogens with zero attached hydrogens (tertiary/aromatic N) is 2. The second-order valence-electron chi connectivity index (χ2n) is 4.50. The van der Waals surface area contributed by atoms with Crippen molar-refractivity contribution in [2.24, 2.45) is 0 Å². The Balaban J connectivity index is 2.07. The first-order valence-electron chi connectivity index (χ1n) is 6.45. The number of methoxy groups -OCH3 is 1. The van der Waals surface area contributed by atoms with Crippen molar-refractivity contribution in [2.75, 3.05) is 7.11 Å². The number of aromatic nitrogens is 2. The molecule has 1 heterocycles. The molecule has 6 nitrogen and oxygen atoms in total. The van der Waals surface area contributed by atoms with E-state index in [4.69, 9.17) is 4.74 Å². The second-order valence-corrected chi connectivity index (χ2v) is 4.50. The molecule has 1 aromatic heterocycles. The molecular weight excluding hydrogens is 289 g/mol. The van der Waals surface area contributed by atoms with Crippen LogP contribution in [0.4, 0.5) is 4.39 Å². The van der Waals surface area contributed by atoms with Crippen LogP contribution in [0.25, 0.3) is 0 Å². The lowest BCUT2D eigenvalue weighted by molar-refractivity contribution is 0.0945. The highest BCUT2D eigenvalue weighted by Crippen LogP contribution is 2.18. The number of halogens is 1. The number of carbonyl (C=O) groups excluding carboxylic acids is 2. The predicted molar refractivity (Wildman–Crippen MR) is 76.2 cm³/mol. The van der Waals surface area contributed by atoms with Crippen molar-refractivity contribution < 1.29 is 18.7 Å². The molecule has 0 fully saturated rings. The van der Waals surface area contributed by atoms with E-state index < -0.39 is 11.7 Å². The molecule has 1 amide bonds. The van der Waals surface area contributed by atoms with Crippen LogP contribution in [0.15, 0.2) is 30.6 Å². The Morgan fingerprint density at radius 2 is 1.95 bits per heavy atom. The molecule has 7 heteroatoms. The molecule has 0 radical (unpaired) electrons. The molecule has 0 saturated heterocycles. The maximum Gasteiger partial charge on any atom is 0.270 e. The fraction of sp³-hybridized carbons (Fsp3) is 0.200. The number of Topliss-reactive ketones (excluding diaryl/α,β-unsaturated/α-hetero) is 1. The van der Waals surface area contributed by atoms with Gasteiger partial charge in [-0.05, 0) is 23.8 Å². The van der Waals surface area contributed by atoms with Gasteiger partial charge in [-0.2, -0.15) is 0 Å². The summed E-state index contributed by atoms with van der Waals surface area (Å²) in [5.41, 5.74) is 0.935. The molecule has 0 bridgehead atoms. The largest absolute Gasteiger partial charge is 0.494 e. The van der Waals surface area contributed by atoms with Gasteiger partial charge in [0.2, 0.25) is 0 Å². The monoisotopic (exact) mass is 303 g/mol. The van der Waals surface area contributed by atoms with Crippen molar-refractivity contribution in [3.8, 4) is 5.75 Å². The fourth-order valence-corrected chi connectivity index (χ4v) is 1.76. The lowest BCUT2D eigenvalue weighted by Crippen LogP contribution is -2.24. The summed E-state index contributed by atoms with van der Waals surface area (Å²) in [5.74, 6) is -1.07. The molecule has 0 unspecified atom stereocenters. The van der Waals surface area contributed by atoms with Gasteiger partial charge in [0.15, 0.2) is 17.3 Å². The second kappa shape index (κ2) is 6.75. The number of carbonyl (C=O) groups is 2. The number of amides is 1. The van der Waals surface area contributed by atoms with Gasteiger partial charge in [-0.25, -0.2) is 14.4 Å². The quantitative estimate of drug-likeness (QED) is 0.851. The minimum atomic E-state index is -0.473. The van der Waals surface area contributed by atoms with Crippen molar-refractivity contribution in [2.45, 2.75) is 13.5 Å². The Hall–Kier alpha value is -2.83. The van der Waals surface area contributed by atoms with Gasteiger partial charge in [0, 0.05) is 13.5 Å². The molecule has 1 N–H and O–H groups in total. The Bertz CT molecular complexity index is 719. The van der Waals surface area contributed by atoms with Crippen LogP contribution in [0.1, 0.15) is 33.5 Å². The van der Waals surface area contributed by atoms with E-state index in [2.05, 4.69) is 15.3 Å². The molecule has 0 spiro atoms. The van der Waals surface area contributed by atoms with Gasteiger partial charge in [0.05, 0.1) is 7.11 Å². The van der Waals surface area contributed by atoms with Crippen LogP contribution >= 0.6 is 0 Å². The summed E-state index contributed by atoms with van der Waals surface area (Å²) in [6.45, 7) is 1.53. The van der Waals surface area contributed by atoms with E-state index in [0.717, 1.165) is 6.33 Å². The molecule has 0 aliphatic rings. The van der Waals surface area contributed by atoms with Crippen LogP contribution in [0, 0.1) is 5.82 Å². The zero-order valence-corrected chi connectivity index (χ0v) is 12.1. The molecule has 0 aliphatic heterocycles. The lowest BCUT2D eigenvalue weighted by atomic mass is 10.2. The Morgan fingerprint density at radius 3 is 2.64 bits per heavy atom. The molecule has 0 aliphatic carbocycles. The number of hydrogen-bond donors (Lipinski definition) is 1. The van der Waals surface area contributed by atoms with E-state index >= 15 is 0 Å². The van der Waals surface area contributed by atoms with Crippen LogP contribution < -0.4 is 10.1 Å². The predicted octanol–water partition coefficient (Wildman–Crippen LogP) is 1.76. The third-order valence-corrected chi connectivity index (χ3v) is 2.93. The average Bonchev–Trinajstić information content (AvgIpc) is 2.53.